The van der Waals surface area contributed by atoms with Crippen LogP contribution in [-0.4, -0.2) is 56.0 Å². The molecule has 0 aromatic heterocycles. The number of amides is 1. The number of ether oxygens (including phenoxy) is 3. The first-order valence-corrected chi connectivity index (χ1v) is 11.0. The molecule has 0 fully saturated rings. The number of esters is 1. The Morgan fingerprint density at radius 1 is 1.09 bits per heavy atom. The molecule has 0 aliphatic carbocycles. The van der Waals surface area contributed by atoms with Gasteiger partial charge in [-0.2, -0.15) is 0 Å². The van der Waals surface area contributed by atoms with Gasteiger partial charge in [-0.05, 0) is 36.8 Å². The average molecular weight is 455 g/mol. The molecule has 3 rings (SSSR count). The van der Waals surface area contributed by atoms with Crippen molar-refractivity contribution in [2.24, 2.45) is 5.16 Å². The van der Waals surface area contributed by atoms with Gasteiger partial charge in [0.25, 0.3) is 0 Å². The van der Waals surface area contributed by atoms with Crippen molar-refractivity contribution in [3.63, 3.8) is 0 Å². The van der Waals surface area contributed by atoms with E-state index in [9.17, 15) is 9.59 Å². The molecule has 33 heavy (non-hydrogen) atoms. The molecule has 2 aromatic rings. The predicted molar refractivity (Wildman–Crippen MR) is 123 cm³/mol. The molecule has 0 radical (unpaired) electrons. The van der Waals surface area contributed by atoms with Crippen molar-refractivity contribution in [3.8, 4) is 11.5 Å². The number of rotatable bonds is 11. The molecule has 0 saturated heterocycles. The average Bonchev–Trinajstić information content (AvgIpc) is 3.30. The number of para-hydroxylation sites is 1. The van der Waals surface area contributed by atoms with Crippen LogP contribution in [0.5, 0.6) is 11.5 Å². The summed E-state index contributed by atoms with van der Waals surface area (Å²) in [7, 11) is 3.22. The highest BCUT2D eigenvalue weighted by Gasteiger charge is 2.28. The number of benzene rings is 2. The lowest BCUT2D eigenvalue weighted by Crippen LogP contribution is -2.37. The van der Waals surface area contributed by atoms with E-state index >= 15 is 0 Å². The van der Waals surface area contributed by atoms with E-state index in [1.165, 1.54) is 0 Å². The second-order valence-corrected chi connectivity index (χ2v) is 7.60. The van der Waals surface area contributed by atoms with Gasteiger partial charge in [0, 0.05) is 24.9 Å². The van der Waals surface area contributed by atoms with Crippen molar-refractivity contribution >= 4 is 17.6 Å². The fraction of sp³-hybridized carbons (Fsp3) is 0.400. The molecule has 1 heterocycles. The molecule has 0 spiro atoms. The van der Waals surface area contributed by atoms with Crippen LogP contribution in [0.3, 0.4) is 0 Å². The zero-order chi connectivity index (χ0) is 23.6. The maximum Gasteiger partial charge on any atom is 0.306 e. The minimum absolute atomic E-state index is 0.0375. The summed E-state index contributed by atoms with van der Waals surface area (Å²) in [6, 6.07) is 15.2. The van der Waals surface area contributed by atoms with Crippen molar-refractivity contribution in [2.45, 2.75) is 38.8 Å². The van der Waals surface area contributed by atoms with Gasteiger partial charge in [-0.1, -0.05) is 29.4 Å². The molecule has 1 aliphatic heterocycles. The quantitative estimate of drug-likeness (QED) is 0.483. The molecule has 1 atom stereocenters. The van der Waals surface area contributed by atoms with Crippen LogP contribution in [0, 0.1) is 0 Å². The van der Waals surface area contributed by atoms with Crippen molar-refractivity contribution in [3.05, 3.63) is 59.7 Å². The predicted octanol–water partition coefficient (Wildman–Crippen LogP) is 3.57. The van der Waals surface area contributed by atoms with Crippen LogP contribution in [0.25, 0.3) is 0 Å². The molecule has 0 N–H and O–H groups in total. The number of hydrogen-bond donors (Lipinski definition) is 0. The largest absolute Gasteiger partial charge is 0.497 e. The van der Waals surface area contributed by atoms with Crippen molar-refractivity contribution in [1.29, 1.82) is 0 Å². The third-order valence-electron chi connectivity index (χ3n) is 5.28. The normalized spacial score (nSPS) is 14.8. The fourth-order valence-electron chi connectivity index (χ4n) is 3.66. The Kier molecular flexibility index (Phi) is 8.69. The summed E-state index contributed by atoms with van der Waals surface area (Å²) in [4.78, 5) is 32.1. The molecule has 1 amide bonds. The highest BCUT2D eigenvalue weighted by molar-refractivity contribution is 6.03. The third-order valence-corrected chi connectivity index (χ3v) is 5.28. The Hall–Kier alpha value is -3.55. The monoisotopic (exact) mass is 454 g/mol. The van der Waals surface area contributed by atoms with Gasteiger partial charge in [-0.25, -0.2) is 0 Å². The number of nitrogens with zero attached hydrogens (tertiary/aromatic N) is 2. The molecule has 176 valence electrons. The van der Waals surface area contributed by atoms with Crippen LogP contribution < -0.4 is 9.47 Å². The number of carbonyl (C=O) groups is 2. The van der Waals surface area contributed by atoms with Gasteiger partial charge in [0.05, 0.1) is 39.5 Å². The highest BCUT2D eigenvalue weighted by atomic mass is 16.6. The highest BCUT2D eigenvalue weighted by Crippen LogP contribution is 2.25. The van der Waals surface area contributed by atoms with Crippen molar-refractivity contribution in [1.82, 2.24) is 4.90 Å². The summed E-state index contributed by atoms with van der Waals surface area (Å²) >= 11 is 0. The summed E-state index contributed by atoms with van der Waals surface area (Å²) in [5.41, 5.74) is 2.57. The summed E-state index contributed by atoms with van der Waals surface area (Å²) in [6.45, 7) is 2.73. The van der Waals surface area contributed by atoms with E-state index in [0.29, 0.717) is 31.9 Å². The van der Waals surface area contributed by atoms with Crippen LogP contribution in [0.2, 0.25) is 0 Å². The van der Waals surface area contributed by atoms with Crippen LogP contribution in [0.1, 0.15) is 37.3 Å². The first-order valence-electron chi connectivity index (χ1n) is 11.0. The van der Waals surface area contributed by atoms with Crippen LogP contribution >= 0.6 is 0 Å². The first kappa shape index (κ1) is 24.1. The Morgan fingerprint density at radius 3 is 2.67 bits per heavy atom. The smallest absolute Gasteiger partial charge is 0.306 e. The van der Waals surface area contributed by atoms with Gasteiger partial charge in [0.2, 0.25) is 5.91 Å². The Morgan fingerprint density at radius 2 is 1.91 bits per heavy atom. The summed E-state index contributed by atoms with van der Waals surface area (Å²) in [6.07, 6.45) is 0.341. The lowest BCUT2D eigenvalue weighted by molar-refractivity contribution is -0.146. The molecule has 8 heteroatoms. The fourth-order valence-corrected chi connectivity index (χ4v) is 3.66. The van der Waals surface area contributed by atoms with E-state index < -0.39 is 0 Å². The zero-order valence-electron chi connectivity index (χ0n) is 19.3. The van der Waals surface area contributed by atoms with Gasteiger partial charge in [0.1, 0.15) is 11.5 Å². The van der Waals surface area contributed by atoms with Gasteiger partial charge in [-0.3, -0.25) is 9.59 Å². The topological polar surface area (TPSA) is 86.7 Å². The van der Waals surface area contributed by atoms with Gasteiger partial charge in [0.15, 0.2) is 6.10 Å². The SMILES string of the molecule is CCOC(=O)CCC(=O)N(Cc1cccc(OC)c1)CC1CC(c2ccccc2OC)=NO1. The molecule has 8 nitrogen and oxygen atoms in total. The lowest BCUT2D eigenvalue weighted by atomic mass is 10.0. The number of carbonyl (C=O) groups excluding carboxylic acids is 2. The third kappa shape index (κ3) is 6.71. The Labute approximate surface area is 194 Å². The Balaban J connectivity index is 1.69. The number of hydrogen-bond acceptors (Lipinski definition) is 7. The van der Waals surface area contributed by atoms with Crippen LogP contribution in [-0.2, 0) is 25.7 Å². The molecule has 1 unspecified atom stereocenters. The second-order valence-electron chi connectivity index (χ2n) is 7.60. The summed E-state index contributed by atoms with van der Waals surface area (Å²) in [5.74, 6) is 0.899. The second kappa shape index (κ2) is 11.9. The summed E-state index contributed by atoms with van der Waals surface area (Å²) in [5, 5.41) is 4.25. The van der Waals surface area contributed by atoms with Gasteiger partial charge < -0.3 is 23.9 Å². The maximum absolute atomic E-state index is 13.0. The van der Waals surface area contributed by atoms with E-state index in [1.54, 1.807) is 26.0 Å². The molecule has 2 aromatic carbocycles. The molecular formula is C25H30N2O6. The molecule has 0 bridgehead atoms. The van der Waals surface area contributed by atoms with E-state index in [1.807, 2.05) is 48.5 Å². The minimum atomic E-state index is -0.383. The standard InChI is InChI=1S/C25H30N2O6/c1-4-32-25(29)13-12-24(28)27(16-18-8-7-9-19(14-18)30-2)17-20-15-22(26-33-20)21-10-5-6-11-23(21)31-3/h5-11,14,20H,4,12-13,15-17H2,1-3H3. The van der Waals surface area contributed by atoms with E-state index in [4.69, 9.17) is 19.0 Å². The van der Waals surface area contributed by atoms with Gasteiger partial charge in [-0.15, -0.1) is 0 Å². The lowest BCUT2D eigenvalue weighted by Gasteiger charge is -2.25. The van der Waals surface area contributed by atoms with E-state index in [2.05, 4.69) is 5.16 Å². The molecule has 1 aliphatic rings. The van der Waals surface area contributed by atoms with Crippen molar-refractivity contribution < 1.29 is 28.6 Å². The van der Waals surface area contributed by atoms with Gasteiger partial charge >= 0.3 is 5.97 Å². The minimum Gasteiger partial charge on any atom is -0.497 e. The van der Waals surface area contributed by atoms with E-state index in [-0.39, 0.29) is 30.8 Å². The Bertz CT molecular complexity index is 990. The number of oxime groups is 1. The molecule has 0 saturated carbocycles. The van der Waals surface area contributed by atoms with E-state index in [0.717, 1.165) is 22.6 Å². The molecular weight excluding hydrogens is 424 g/mol. The first-order chi connectivity index (χ1) is 16.0. The summed E-state index contributed by atoms with van der Waals surface area (Å²) < 4.78 is 15.7. The number of methoxy groups -OCH3 is 2. The zero-order valence-corrected chi connectivity index (χ0v) is 19.3. The van der Waals surface area contributed by atoms with Crippen LogP contribution in [0.15, 0.2) is 53.7 Å². The maximum atomic E-state index is 13.0. The van der Waals surface area contributed by atoms with Crippen LogP contribution in [0.4, 0.5) is 0 Å². The van der Waals surface area contributed by atoms with Crippen molar-refractivity contribution in [2.75, 3.05) is 27.4 Å².